The van der Waals surface area contributed by atoms with Crippen molar-refractivity contribution in [1.29, 1.82) is 0 Å². The minimum absolute atomic E-state index is 0.135. The van der Waals surface area contributed by atoms with Crippen LogP contribution in [0, 0.1) is 5.92 Å². The van der Waals surface area contributed by atoms with Crippen LogP contribution < -0.4 is 0 Å². The van der Waals surface area contributed by atoms with E-state index in [1.54, 1.807) is 4.90 Å². The Kier molecular flexibility index (Phi) is 4.52. The summed E-state index contributed by atoms with van der Waals surface area (Å²) < 4.78 is 0. The lowest BCUT2D eigenvalue weighted by Crippen LogP contribution is -2.38. The molecule has 0 radical (unpaired) electrons. The van der Waals surface area contributed by atoms with E-state index in [1.807, 2.05) is 31.3 Å². The molecule has 2 rings (SSSR count). The minimum atomic E-state index is 0.135. The monoisotopic (exact) mass is 285 g/mol. The van der Waals surface area contributed by atoms with E-state index < -0.39 is 0 Å². The van der Waals surface area contributed by atoms with Crippen molar-refractivity contribution < 1.29 is 4.79 Å². The Morgan fingerprint density at radius 1 is 1.44 bits per heavy atom. The van der Waals surface area contributed by atoms with Crippen molar-refractivity contribution in [2.45, 2.75) is 24.6 Å². The summed E-state index contributed by atoms with van der Waals surface area (Å²) >= 11 is 11.8. The summed E-state index contributed by atoms with van der Waals surface area (Å²) in [5, 5.41) is 0.985. The molecule has 1 aliphatic rings. The summed E-state index contributed by atoms with van der Waals surface area (Å²) in [5.41, 5.74) is 0.961. The van der Waals surface area contributed by atoms with Crippen LogP contribution in [0.2, 0.25) is 5.02 Å². The number of carbonyl (C=O) groups is 1. The number of nitrogens with zero attached hydrogens (tertiary/aromatic N) is 1. The van der Waals surface area contributed by atoms with Crippen molar-refractivity contribution in [3.8, 4) is 0 Å². The van der Waals surface area contributed by atoms with Gasteiger partial charge in [0.05, 0.1) is 6.42 Å². The van der Waals surface area contributed by atoms with Crippen molar-refractivity contribution in [2.75, 3.05) is 13.6 Å². The van der Waals surface area contributed by atoms with Gasteiger partial charge in [0.2, 0.25) is 5.91 Å². The number of rotatable bonds is 4. The molecule has 1 aliphatic carbocycles. The van der Waals surface area contributed by atoms with Gasteiger partial charge in [-0.05, 0) is 36.5 Å². The van der Waals surface area contributed by atoms with Crippen LogP contribution in [0.15, 0.2) is 24.3 Å². The van der Waals surface area contributed by atoms with E-state index in [-0.39, 0.29) is 5.91 Å². The average Bonchev–Trinajstić information content (AvgIpc) is 2.26. The topological polar surface area (TPSA) is 20.3 Å². The first-order valence-corrected chi connectivity index (χ1v) is 6.98. The second-order valence-electron chi connectivity index (χ2n) is 5.02. The van der Waals surface area contributed by atoms with E-state index >= 15 is 0 Å². The van der Waals surface area contributed by atoms with Gasteiger partial charge >= 0.3 is 0 Å². The molecule has 1 saturated carbocycles. The molecule has 0 atom stereocenters. The third-order valence-electron chi connectivity index (χ3n) is 3.38. The molecule has 4 heteroatoms. The quantitative estimate of drug-likeness (QED) is 0.777. The lowest BCUT2D eigenvalue weighted by Gasteiger charge is -2.34. The number of alkyl halides is 1. The summed E-state index contributed by atoms with van der Waals surface area (Å²) in [6.07, 6.45) is 2.46. The molecule has 1 aromatic carbocycles. The highest BCUT2D eigenvalue weighted by atomic mass is 35.5. The zero-order valence-corrected chi connectivity index (χ0v) is 11.9. The van der Waals surface area contributed by atoms with E-state index in [0.29, 0.717) is 22.7 Å². The fourth-order valence-electron chi connectivity index (χ4n) is 2.25. The molecule has 2 nitrogen and oxygen atoms in total. The summed E-state index contributed by atoms with van der Waals surface area (Å²) in [5.74, 6) is 0.705. The minimum Gasteiger partial charge on any atom is -0.345 e. The highest BCUT2D eigenvalue weighted by molar-refractivity contribution is 6.30. The van der Waals surface area contributed by atoms with Crippen LogP contribution >= 0.6 is 23.2 Å². The predicted octanol–water partition coefficient (Wildman–Crippen LogP) is 3.36. The van der Waals surface area contributed by atoms with Crippen molar-refractivity contribution in [3.63, 3.8) is 0 Å². The lowest BCUT2D eigenvalue weighted by molar-refractivity contribution is -0.130. The maximum absolute atomic E-state index is 12.0. The molecule has 0 aromatic heterocycles. The van der Waals surface area contributed by atoms with Gasteiger partial charge in [-0.25, -0.2) is 0 Å². The molecule has 0 N–H and O–H groups in total. The zero-order chi connectivity index (χ0) is 13.1. The van der Waals surface area contributed by atoms with Gasteiger partial charge in [0.15, 0.2) is 0 Å². The van der Waals surface area contributed by atoms with E-state index in [4.69, 9.17) is 23.2 Å². The Morgan fingerprint density at radius 2 is 2.17 bits per heavy atom. The normalized spacial score (nSPS) is 22.4. The van der Waals surface area contributed by atoms with Gasteiger partial charge in [0.1, 0.15) is 0 Å². The van der Waals surface area contributed by atoms with Gasteiger partial charge in [-0.1, -0.05) is 23.7 Å². The molecule has 1 aromatic rings. The highest BCUT2D eigenvalue weighted by Gasteiger charge is 2.28. The van der Waals surface area contributed by atoms with E-state index in [9.17, 15) is 4.79 Å². The molecular weight excluding hydrogens is 269 g/mol. The summed E-state index contributed by atoms with van der Waals surface area (Å²) in [6, 6.07) is 7.45. The molecule has 18 heavy (non-hydrogen) atoms. The number of hydrogen-bond acceptors (Lipinski definition) is 1. The van der Waals surface area contributed by atoms with Crippen molar-refractivity contribution in [1.82, 2.24) is 4.90 Å². The van der Waals surface area contributed by atoms with E-state index in [2.05, 4.69) is 0 Å². The van der Waals surface area contributed by atoms with Crippen LogP contribution in [0.25, 0.3) is 0 Å². The Bertz CT molecular complexity index is 430. The fourth-order valence-corrected chi connectivity index (χ4v) is 2.97. The largest absolute Gasteiger partial charge is 0.345 e. The van der Waals surface area contributed by atoms with Crippen LogP contribution in [0.5, 0.6) is 0 Å². The Morgan fingerprint density at radius 3 is 2.78 bits per heavy atom. The van der Waals surface area contributed by atoms with Crippen molar-refractivity contribution in [3.05, 3.63) is 34.9 Å². The number of likely N-dealkylation sites (N-methyl/N-ethyl adjacent to an activating group) is 1. The van der Waals surface area contributed by atoms with Gasteiger partial charge in [-0.3, -0.25) is 4.79 Å². The first-order valence-electron chi connectivity index (χ1n) is 6.17. The van der Waals surface area contributed by atoms with Gasteiger partial charge in [0.25, 0.3) is 0 Å². The molecule has 1 fully saturated rings. The molecule has 0 heterocycles. The van der Waals surface area contributed by atoms with Crippen molar-refractivity contribution in [2.24, 2.45) is 5.92 Å². The van der Waals surface area contributed by atoms with E-state index in [1.165, 1.54) is 0 Å². The average molecular weight is 286 g/mol. The SMILES string of the molecule is CN(CC1CC(Cl)C1)C(=O)Cc1cccc(Cl)c1. The van der Waals surface area contributed by atoms with Crippen LogP contribution in [0.3, 0.4) is 0 Å². The van der Waals surface area contributed by atoms with Crippen LogP contribution in [0.1, 0.15) is 18.4 Å². The number of benzene rings is 1. The zero-order valence-electron chi connectivity index (χ0n) is 10.4. The predicted molar refractivity (Wildman–Crippen MR) is 75.2 cm³/mol. The molecule has 1 amide bonds. The summed E-state index contributed by atoms with van der Waals surface area (Å²) in [6.45, 7) is 0.808. The maximum atomic E-state index is 12.0. The molecule has 0 saturated heterocycles. The van der Waals surface area contributed by atoms with Crippen LogP contribution in [-0.4, -0.2) is 29.8 Å². The van der Waals surface area contributed by atoms with Gasteiger partial charge < -0.3 is 4.90 Å². The Hall–Kier alpha value is -0.730. The number of halogens is 2. The molecule has 98 valence electrons. The third kappa shape index (κ3) is 3.63. The first-order chi connectivity index (χ1) is 8.54. The standard InChI is InChI=1S/C14H17Cl2NO/c1-17(9-11-6-13(16)7-11)14(18)8-10-3-2-4-12(15)5-10/h2-5,11,13H,6-9H2,1H3. The lowest BCUT2D eigenvalue weighted by atomic mass is 9.84. The summed E-state index contributed by atoms with van der Waals surface area (Å²) in [7, 11) is 1.86. The Balaban J connectivity index is 1.83. The maximum Gasteiger partial charge on any atom is 0.226 e. The molecular formula is C14H17Cl2NO. The summed E-state index contributed by atoms with van der Waals surface area (Å²) in [4.78, 5) is 13.8. The van der Waals surface area contributed by atoms with Crippen LogP contribution in [-0.2, 0) is 11.2 Å². The number of carbonyl (C=O) groups excluding carboxylic acids is 1. The smallest absolute Gasteiger partial charge is 0.226 e. The van der Waals surface area contributed by atoms with E-state index in [0.717, 1.165) is 24.9 Å². The van der Waals surface area contributed by atoms with Crippen LogP contribution in [0.4, 0.5) is 0 Å². The van der Waals surface area contributed by atoms with Gasteiger partial charge in [0, 0.05) is 24.0 Å². The Labute approximate surface area is 118 Å². The number of hydrogen-bond donors (Lipinski definition) is 0. The second-order valence-corrected chi connectivity index (χ2v) is 6.07. The third-order valence-corrected chi connectivity index (χ3v) is 3.97. The molecule has 0 unspecified atom stereocenters. The number of amides is 1. The molecule has 0 spiro atoms. The highest BCUT2D eigenvalue weighted by Crippen LogP contribution is 2.32. The van der Waals surface area contributed by atoms with Gasteiger partial charge in [-0.2, -0.15) is 0 Å². The first kappa shape index (κ1) is 13.7. The molecule has 0 bridgehead atoms. The second kappa shape index (κ2) is 5.94. The fraction of sp³-hybridized carbons (Fsp3) is 0.500. The van der Waals surface area contributed by atoms with Gasteiger partial charge in [-0.15, -0.1) is 11.6 Å². The molecule has 0 aliphatic heterocycles. The van der Waals surface area contributed by atoms with Crippen molar-refractivity contribution >= 4 is 29.1 Å².